The van der Waals surface area contributed by atoms with Crippen molar-refractivity contribution in [1.29, 1.82) is 0 Å². The Hall–Kier alpha value is -2.67. The summed E-state index contributed by atoms with van der Waals surface area (Å²) < 4.78 is 6.85. The fraction of sp³-hybridized carbons (Fsp3) is 0.353. The number of rotatable bonds is 4. The summed E-state index contributed by atoms with van der Waals surface area (Å²) in [5, 5.41) is 6.92. The van der Waals surface area contributed by atoms with E-state index >= 15 is 0 Å². The van der Waals surface area contributed by atoms with Crippen LogP contribution in [0.3, 0.4) is 0 Å². The maximum Gasteiger partial charge on any atom is 0.256 e. The van der Waals surface area contributed by atoms with Gasteiger partial charge in [0.05, 0.1) is 24.5 Å². The molecule has 1 aliphatic rings. The molecule has 1 N–H and O–H groups in total. The third-order valence-electron chi connectivity index (χ3n) is 4.01. The van der Waals surface area contributed by atoms with Gasteiger partial charge in [-0.05, 0) is 25.1 Å². The molecule has 2 heterocycles. The van der Waals surface area contributed by atoms with Crippen LogP contribution < -0.4 is 5.32 Å². The summed E-state index contributed by atoms with van der Waals surface area (Å²) in [7, 11) is 0. The number of carbonyl (C=O) groups is 2. The standard InChI is InChI=1S/C17H20N4O3/c1-13(21-8-4-7-18-21)16(22)19-15-6-3-2-5-14(15)17(23)20-9-11-24-12-10-20/h2-8,13H,9-12H2,1H3,(H,19,22). The van der Waals surface area contributed by atoms with Crippen LogP contribution in [0.15, 0.2) is 42.7 Å². The zero-order valence-corrected chi connectivity index (χ0v) is 13.5. The van der Waals surface area contributed by atoms with Crippen molar-refractivity contribution in [2.75, 3.05) is 31.6 Å². The number of hydrogen-bond acceptors (Lipinski definition) is 4. The quantitative estimate of drug-likeness (QED) is 0.924. The third kappa shape index (κ3) is 3.46. The van der Waals surface area contributed by atoms with Gasteiger partial charge in [0.15, 0.2) is 0 Å². The number of carbonyl (C=O) groups excluding carboxylic acids is 2. The van der Waals surface area contributed by atoms with E-state index in [0.717, 1.165) is 0 Å². The van der Waals surface area contributed by atoms with Crippen LogP contribution in [0.25, 0.3) is 0 Å². The lowest BCUT2D eigenvalue weighted by molar-refractivity contribution is -0.119. The van der Waals surface area contributed by atoms with Gasteiger partial charge in [0.1, 0.15) is 6.04 Å². The third-order valence-corrected chi connectivity index (χ3v) is 4.01. The van der Waals surface area contributed by atoms with E-state index < -0.39 is 6.04 Å². The predicted octanol–water partition coefficient (Wildman–Crippen LogP) is 1.56. The van der Waals surface area contributed by atoms with Crippen LogP contribution in [0.1, 0.15) is 23.3 Å². The number of aromatic nitrogens is 2. The smallest absolute Gasteiger partial charge is 0.256 e. The molecule has 1 aliphatic heterocycles. The topological polar surface area (TPSA) is 76.5 Å². The summed E-state index contributed by atoms with van der Waals surface area (Å²) in [6, 6.07) is 8.35. The Morgan fingerprint density at radius 3 is 2.67 bits per heavy atom. The van der Waals surface area contributed by atoms with Crippen molar-refractivity contribution in [3.63, 3.8) is 0 Å². The summed E-state index contributed by atoms with van der Waals surface area (Å²) in [6.07, 6.45) is 3.36. The Labute approximate surface area is 140 Å². The predicted molar refractivity (Wildman–Crippen MR) is 88.7 cm³/mol. The average Bonchev–Trinajstić information content (AvgIpc) is 3.16. The van der Waals surface area contributed by atoms with E-state index in [9.17, 15) is 9.59 Å². The van der Waals surface area contributed by atoms with Gasteiger partial charge in [-0.2, -0.15) is 5.10 Å². The molecule has 1 aromatic heterocycles. The number of benzene rings is 1. The molecule has 2 aromatic rings. The minimum Gasteiger partial charge on any atom is -0.378 e. The lowest BCUT2D eigenvalue weighted by atomic mass is 10.1. The van der Waals surface area contributed by atoms with Crippen molar-refractivity contribution < 1.29 is 14.3 Å². The van der Waals surface area contributed by atoms with Crippen molar-refractivity contribution >= 4 is 17.5 Å². The van der Waals surface area contributed by atoms with Gasteiger partial charge in [-0.15, -0.1) is 0 Å². The van der Waals surface area contributed by atoms with Gasteiger partial charge < -0.3 is 15.0 Å². The second kappa shape index (κ2) is 7.27. The minimum atomic E-state index is -0.466. The van der Waals surface area contributed by atoms with E-state index in [-0.39, 0.29) is 11.8 Å². The first-order valence-electron chi connectivity index (χ1n) is 7.93. The molecule has 1 atom stereocenters. The Morgan fingerprint density at radius 2 is 1.96 bits per heavy atom. The Bertz CT molecular complexity index is 708. The van der Waals surface area contributed by atoms with Crippen LogP contribution in [0.5, 0.6) is 0 Å². The number of hydrogen-bond donors (Lipinski definition) is 1. The number of amides is 2. The average molecular weight is 328 g/mol. The summed E-state index contributed by atoms with van der Waals surface area (Å²) >= 11 is 0. The van der Waals surface area contributed by atoms with Crippen LogP contribution >= 0.6 is 0 Å². The first-order chi connectivity index (χ1) is 11.7. The van der Waals surface area contributed by atoms with Crippen molar-refractivity contribution in [3.8, 4) is 0 Å². The molecule has 7 nitrogen and oxygen atoms in total. The molecule has 0 radical (unpaired) electrons. The fourth-order valence-corrected chi connectivity index (χ4v) is 2.58. The molecule has 1 unspecified atom stereocenters. The number of nitrogens with one attached hydrogen (secondary N) is 1. The van der Waals surface area contributed by atoms with Crippen LogP contribution in [-0.4, -0.2) is 52.8 Å². The highest BCUT2D eigenvalue weighted by atomic mass is 16.5. The van der Waals surface area contributed by atoms with Crippen LogP contribution in [0.4, 0.5) is 5.69 Å². The monoisotopic (exact) mass is 328 g/mol. The van der Waals surface area contributed by atoms with E-state index in [0.29, 0.717) is 37.6 Å². The largest absolute Gasteiger partial charge is 0.378 e. The van der Waals surface area contributed by atoms with E-state index in [1.807, 2.05) is 0 Å². The zero-order chi connectivity index (χ0) is 16.9. The summed E-state index contributed by atoms with van der Waals surface area (Å²) in [5.74, 6) is -0.318. The van der Waals surface area contributed by atoms with Crippen LogP contribution in [-0.2, 0) is 9.53 Å². The van der Waals surface area contributed by atoms with Gasteiger partial charge in [-0.1, -0.05) is 12.1 Å². The molecular formula is C17H20N4O3. The van der Waals surface area contributed by atoms with Crippen LogP contribution in [0, 0.1) is 0 Å². The number of nitrogens with zero attached hydrogens (tertiary/aromatic N) is 3. The minimum absolute atomic E-state index is 0.0963. The van der Waals surface area contributed by atoms with Crippen molar-refractivity contribution in [1.82, 2.24) is 14.7 Å². The van der Waals surface area contributed by atoms with Gasteiger partial charge in [-0.25, -0.2) is 0 Å². The molecule has 1 fully saturated rings. The SMILES string of the molecule is CC(C(=O)Nc1ccccc1C(=O)N1CCOCC1)n1cccn1. The number of morpholine rings is 1. The maximum absolute atomic E-state index is 12.7. The molecular weight excluding hydrogens is 308 g/mol. The Kier molecular flexibility index (Phi) is 4.90. The van der Waals surface area contributed by atoms with Gasteiger partial charge in [-0.3, -0.25) is 14.3 Å². The number of para-hydroxylation sites is 1. The summed E-state index contributed by atoms with van der Waals surface area (Å²) in [6.45, 7) is 3.96. The first kappa shape index (κ1) is 16.2. The summed E-state index contributed by atoms with van der Waals surface area (Å²) in [4.78, 5) is 26.9. The molecule has 0 aliphatic carbocycles. The first-order valence-corrected chi connectivity index (χ1v) is 7.93. The van der Waals surface area contributed by atoms with E-state index in [1.165, 1.54) is 0 Å². The highest BCUT2D eigenvalue weighted by Gasteiger charge is 2.23. The van der Waals surface area contributed by atoms with E-state index in [4.69, 9.17) is 4.74 Å². The highest BCUT2D eigenvalue weighted by Crippen LogP contribution is 2.19. The second-order valence-electron chi connectivity index (χ2n) is 5.60. The maximum atomic E-state index is 12.7. The number of anilines is 1. The molecule has 1 saturated heterocycles. The Balaban J connectivity index is 1.76. The molecule has 126 valence electrons. The van der Waals surface area contributed by atoms with Gasteiger partial charge in [0, 0.05) is 25.5 Å². The van der Waals surface area contributed by atoms with Gasteiger partial charge >= 0.3 is 0 Å². The van der Waals surface area contributed by atoms with Crippen molar-refractivity contribution in [2.45, 2.75) is 13.0 Å². The molecule has 1 aromatic carbocycles. The molecule has 2 amide bonds. The van der Waals surface area contributed by atoms with Crippen molar-refractivity contribution in [3.05, 3.63) is 48.3 Å². The normalized spacial score (nSPS) is 15.8. The second-order valence-corrected chi connectivity index (χ2v) is 5.60. The van der Waals surface area contributed by atoms with Gasteiger partial charge in [0.25, 0.3) is 5.91 Å². The molecule has 24 heavy (non-hydrogen) atoms. The van der Waals surface area contributed by atoms with Crippen LogP contribution in [0.2, 0.25) is 0 Å². The molecule has 0 bridgehead atoms. The zero-order valence-electron chi connectivity index (χ0n) is 13.5. The fourth-order valence-electron chi connectivity index (χ4n) is 2.58. The Morgan fingerprint density at radius 1 is 1.21 bits per heavy atom. The molecule has 7 heteroatoms. The van der Waals surface area contributed by atoms with Gasteiger partial charge in [0.2, 0.25) is 5.91 Å². The molecule has 0 spiro atoms. The lowest BCUT2D eigenvalue weighted by Crippen LogP contribution is -2.41. The molecule has 3 rings (SSSR count). The highest BCUT2D eigenvalue weighted by molar-refractivity contribution is 6.04. The number of ether oxygens (including phenoxy) is 1. The van der Waals surface area contributed by atoms with E-state index in [2.05, 4.69) is 10.4 Å². The lowest BCUT2D eigenvalue weighted by Gasteiger charge is -2.27. The van der Waals surface area contributed by atoms with E-state index in [1.54, 1.807) is 59.2 Å². The molecule has 0 saturated carbocycles. The summed E-state index contributed by atoms with van der Waals surface area (Å²) in [5.41, 5.74) is 0.999. The van der Waals surface area contributed by atoms with Crippen molar-refractivity contribution in [2.24, 2.45) is 0 Å².